The van der Waals surface area contributed by atoms with Crippen molar-refractivity contribution in [3.8, 4) is 0 Å². The number of nitrogens with zero attached hydrogens (tertiary/aromatic N) is 1. The van der Waals surface area contributed by atoms with Crippen LogP contribution in [0.2, 0.25) is 0 Å². The Morgan fingerprint density at radius 2 is 1.90 bits per heavy atom. The van der Waals surface area contributed by atoms with Gasteiger partial charge in [-0.1, -0.05) is 12.8 Å². The lowest BCUT2D eigenvalue weighted by atomic mass is 10.1. The molecule has 1 saturated carbocycles. The molecule has 0 radical (unpaired) electrons. The highest BCUT2D eigenvalue weighted by Gasteiger charge is 2.32. The number of hydrogen-bond acceptors (Lipinski definition) is 3. The highest BCUT2D eigenvalue weighted by molar-refractivity contribution is 5.82. The van der Waals surface area contributed by atoms with Gasteiger partial charge in [0.05, 0.1) is 23.5 Å². The number of carbonyl (C=O) groups is 1. The minimum atomic E-state index is -4.44. The van der Waals surface area contributed by atoms with Crippen molar-refractivity contribution in [3.63, 3.8) is 0 Å². The molecule has 0 atom stereocenters. The van der Waals surface area contributed by atoms with Crippen LogP contribution in [-0.4, -0.2) is 18.5 Å². The van der Waals surface area contributed by atoms with Gasteiger partial charge in [-0.15, -0.1) is 0 Å². The van der Waals surface area contributed by atoms with Crippen molar-refractivity contribution in [2.24, 2.45) is 5.73 Å². The number of anilines is 2. The normalized spacial score (nSPS) is 16.1. The molecule has 4 nitrogen and oxygen atoms in total. The molecule has 1 fully saturated rings. The molecule has 0 unspecified atom stereocenters. The molecule has 4 N–H and O–H groups in total. The molecule has 1 aromatic rings. The Kier molecular flexibility index (Phi) is 4.29. The fraction of sp³-hybridized carbons (Fsp3) is 0.500. The Labute approximate surface area is 120 Å². The summed E-state index contributed by atoms with van der Waals surface area (Å²) in [5.74, 6) is -0.527. The summed E-state index contributed by atoms with van der Waals surface area (Å²) < 4.78 is 38.0. The number of nitrogens with two attached hydrogens (primary N) is 2. The van der Waals surface area contributed by atoms with E-state index in [9.17, 15) is 18.0 Å². The maximum Gasteiger partial charge on any atom is 0.416 e. The van der Waals surface area contributed by atoms with E-state index in [4.69, 9.17) is 11.5 Å². The van der Waals surface area contributed by atoms with Gasteiger partial charge < -0.3 is 16.4 Å². The van der Waals surface area contributed by atoms with Gasteiger partial charge in [-0.2, -0.15) is 13.2 Å². The van der Waals surface area contributed by atoms with Crippen molar-refractivity contribution in [2.45, 2.75) is 37.9 Å². The summed E-state index contributed by atoms with van der Waals surface area (Å²) in [6, 6.07) is 3.29. The number of carbonyl (C=O) groups excluding carboxylic acids is 1. The van der Waals surface area contributed by atoms with Crippen molar-refractivity contribution in [1.29, 1.82) is 0 Å². The van der Waals surface area contributed by atoms with E-state index in [1.807, 2.05) is 0 Å². The van der Waals surface area contributed by atoms with Crippen molar-refractivity contribution >= 4 is 17.3 Å². The van der Waals surface area contributed by atoms with Gasteiger partial charge in [0, 0.05) is 6.04 Å². The van der Waals surface area contributed by atoms with Crippen LogP contribution in [0.15, 0.2) is 18.2 Å². The highest BCUT2D eigenvalue weighted by atomic mass is 19.4. The van der Waals surface area contributed by atoms with Gasteiger partial charge in [0.15, 0.2) is 0 Å². The summed E-state index contributed by atoms with van der Waals surface area (Å²) in [5, 5.41) is 0. The van der Waals surface area contributed by atoms with Gasteiger partial charge in [-0.3, -0.25) is 4.79 Å². The average molecular weight is 301 g/mol. The molecule has 116 valence electrons. The van der Waals surface area contributed by atoms with E-state index >= 15 is 0 Å². The quantitative estimate of drug-likeness (QED) is 0.839. The van der Waals surface area contributed by atoms with Gasteiger partial charge in [-0.25, -0.2) is 0 Å². The third-order valence-corrected chi connectivity index (χ3v) is 3.76. The monoisotopic (exact) mass is 301 g/mol. The van der Waals surface area contributed by atoms with Crippen molar-refractivity contribution in [3.05, 3.63) is 23.8 Å². The first-order chi connectivity index (χ1) is 9.79. The number of alkyl halides is 3. The lowest BCUT2D eigenvalue weighted by molar-refractivity contribution is -0.137. The molecule has 7 heteroatoms. The topological polar surface area (TPSA) is 72.4 Å². The largest absolute Gasteiger partial charge is 0.416 e. The zero-order chi connectivity index (χ0) is 15.6. The minimum absolute atomic E-state index is 0.0120. The molecular weight excluding hydrogens is 283 g/mol. The third kappa shape index (κ3) is 3.59. The number of nitrogen functional groups attached to an aromatic ring is 1. The van der Waals surface area contributed by atoms with Crippen LogP contribution >= 0.6 is 0 Å². The van der Waals surface area contributed by atoms with Gasteiger partial charge in [-0.05, 0) is 31.0 Å². The highest BCUT2D eigenvalue weighted by Crippen LogP contribution is 2.36. The van der Waals surface area contributed by atoms with E-state index in [0.717, 1.165) is 37.8 Å². The second-order valence-corrected chi connectivity index (χ2v) is 5.30. The van der Waals surface area contributed by atoms with Gasteiger partial charge in [0.1, 0.15) is 0 Å². The Bertz CT molecular complexity index is 525. The van der Waals surface area contributed by atoms with Crippen LogP contribution in [0.5, 0.6) is 0 Å². The van der Waals surface area contributed by atoms with Gasteiger partial charge in [0.25, 0.3) is 0 Å². The molecule has 0 heterocycles. The summed E-state index contributed by atoms with van der Waals surface area (Å²) in [6.07, 6.45) is -0.614. The summed E-state index contributed by atoms with van der Waals surface area (Å²) in [7, 11) is 0. The van der Waals surface area contributed by atoms with Crippen LogP contribution in [0.25, 0.3) is 0 Å². The maximum atomic E-state index is 12.7. The fourth-order valence-corrected chi connectivity index (χ4v) is 2.79. The molecule has 1 aliphatic rings. The van der Waals surface area contributed by atoms with E-state index in [1.54, 1.807) is 4.90 Å². The number of hydrogen-bond donors (Lipinski definition) is 2. The van der Waals surface area contributed by atoms with Crippen LogP contribution in [0.3, 0.4) is 0 Å². The van der Waals surface area contributed by atoms with Gasteiger partial charge in [0.2, 0.25) is 5.91 Å². The summed E-state index contributed by atoms with van der Waals surface area (Å²) in [5.41, 5.74) is 10.7. The SMILES string of the molecule is NC(=O)CN(c1ccc(C(F)(F)F)cc1N)C1CCCC1. The van der Waals surface area contributed by atoms with Crippen LogP contribution in [0.4, 0.5) is 24.5 Å². The van der Waals surface area contributed by atoms with E-state index in [1.165, 1.54) is 6.07 Å². The fourth-order valence-electron chi connectivity index (χ4n) is 2.79. The molecular formula is C14H18F3N3O. The Hall–Kier alpha value is -1.92. The van der Waals surface area contributed by atoms with Crippen LogP contribution in [0.1, 0.15) is 31.2 Å². The molecule has 1 aromatic carbocycles. The molecule has 0 bridgehead atoms. The molecule has 0 saturated heterocycles. The van der Waals surface area contributed by atoms with E-state index in [2.05, 4.69) is 0 Å². The second-order valence-electron chi connectivity index (χ2n) is 5.30. The zero-order valence-electron chi connectivity index (χ0n) is 11.5. The van der Waals surface area contributed by atoms with Crippen LogP contribution in [0, 0.1) is 0 Å². The smallest absolute Gasteiger partial charge is 0.397 e. The molecule has 1 aliphatic carbocycles. The summed E-state index contributed by atoms with van der Waals surface area (Å²) in [6.45, 7) is -0.0414. The first-order valence-electron chi connectivity index (χ1n) is 6.80. The average Bonchev–Trinajstić information content (AvgIpc) is 2.88. The van der Waals surface area contributed by atoms with Crippen molar-refractivity contribution in [2.75, 3.05) is 17.2 Å². The Morgan fingerprint density at radius 3 is 2.38 bits per heavy atom. The summed E-state index contributed by atoms with van der Waals surface area (Å²) in [4.78, 5) is 13.0. The third-order valence-electron chi connectivity index (χ3n) is 3.76. The second kappa shape index (κ2) is 5.83. The first-order valence-corrected chi connectivity index (χ1v) is 6.80. The number of halogens is 3. The summed E-state index contributed by atoms with van der Waals surface area (Å²) >= 11 is 0. The standard InChI is InChI=1S/C14H18F3N3O/c15-14(16,17)9-5-6-12(11(18)7-9)20(8-13(19)21)10-3-1-2-4-10/h5-7,10H,1-4,8,18H2,(H2,19,21). The molecule has 21 heavy (non-hydrogen) atoms. The molecule has 0 spiro atoms. The van der Waals surface area contributed by atoms with E-state index < -0.39 is 17.6 Å². The van der Waals surface area contributed by atoms with E-state index in [0.29, 0.717) is 5.69 Å². The zero-order valence-corrected chi connectivity index (χ0v) is 11.5. The predicted molar refractivity (Wildman–Crippen MR) is 74.7 cm³/mol. The maximum absolute atomic E-state index is 12.7. The van der Waals surface area contributed by atoms with Crippen molar-refractivity contribution in [1.82, 2.24) is 0 Å². The predicted octanol–water partition coefficient (Wildman–Crippen LogP) is 2.52. The number of benzene rings is 1. The van der Waals surface area contributed by atoms with Crippen molar-refractivity contribution < 1.29 is 18.0 Å². The molecule has 2 rings (SSSR count). The molecule has 0 aliphatic heterocycles. The number of rotatable bonds is 4. The van der Waals surface area contributed by atoms with Crippen LogP contribution < -0.4 is 16.4 Å². The van der Waals surface area contributed by atoms with E-state index in [-0.39, 0.29) is 18.3 Å². The lowest BCUT2D eigenvalue weighted by Crippen LogP contribution is -2.40. The molecule has 0 aromatic heterocycles. The minimum Gasteiger partial charge on any atom is -0.397 e. The Morgan fingerprint density at radius 1 is 1.29 bits per heavy atom. The number of amides is 1. The Balaban J connectivity index is 2.33. The number of primary amides is 1. The molecule has 1 amide bonds. The lowest BCUT2D eigenvalue weighted by Gasteiger charge is -2.31. The first kappa shape index (κ1) is 15.5. The van der Waals surface area contributed by atoms with Gasteiger partial charge >= 0.3 is 6.18 Å². The van der Waals surface area contributed by atoms with Crippen LogP contribution in [-0.2, 0) is 11.0 Å².